The minimum Gasteiger partial charge on any atom is -0.225 e. The summed E-state index contributed by atoms with van der Waals surface area (Å²) in [7, 11) is -7.94. The second-order valence-electron chi connectivity index (χ2n) is 5.30. The number of benzene rings is 1. The summed E-state index contributed by atoms with van der Waals surface area (Å²) >= 11 is 0. The predicted molar refractivity (Wildman–Crippen MR) is 79.6 cm³/mol. The molecule has 6 nitrogen and oxygen atoms in total. The molecule has 0 aromatic heterocycles. The van der Waals surface area contributed by atoms with Crippen LogP contribution in [0.25, 0.3) is 0 Å². The molecule has 1 fully saturated rings. The van der Waals surface area contributed by atoms with E-state index in [4.69, 9.17) is 5.14 Å². The Morgan fingerprint density at radius 2 is 1.71 bits per heavy atom. The summed E-state index contributed by atoms with van der Waals surface area (Å²) in [6, 6.07) is 5.49. The number of nitrogens with zero attached hydrogens (tertiary/aromatic N) is 1. The van der Waals surface area contributed by atoms with Gasteiger partial charge in [0.15, 0.2) is 0 Å². The smallest absolute Gasteiger partial charge is 0.225 e. The van der Waals surface area contributed by atoms with Crippen molar-refractivity contribution in [2.75, 3.05) is 13.1 Å². The van der Waals surface area contributed by atoms with Crippen molar-refractivity contribution in [1.82, 2.24) is 4.31 Å². The van der Waals surface area contributed by atoms with Crippen LogP contribution in [0.3, 0.4) is 0 Å². The largest absolute Gasteiger partial charge is 0.244 e. The van der Waals surface area contributed by atoms with E-state index in [0.29, 0.717) is 25.4 Å². The van der Waals surface area contributed by atoms with Crippen molar-refractivity contribution in [3.05, 3.63) is 24.3 Å². The highest BCUT2D eigenvalue weighted by Crippen LogP contribution is 2.32. The monoisotopic (exact) mass is 332 g/mol. The summed E-state index contributed by atoms with van der Waals surface area (Å²) in [4.78, 5) is -0.580. The molecule has 1 aromatic carbocycles. The molecular weight excluding hydrogens is 312 g/mol. The normalized spacial score (nSPS) is 16.3. The zero-order chi connectivity index (χ0) is 15.7. The minimum absolute atomic E-state index is 0.235. The van der Waals surface area contributed by atoms with E-state index in [1.807, 2.05) is 6.92 Å². The fraction of sp³-hybridized carbons (Fsp3) is 0.538. The molecule has 0 radical (unpaired) electrons. The second kappa shape index (κ2) is 6.04. The van der Waals surface area contributed by atoms with E-state index in [0.717, 1.165) is 12.8 Å². The highest BCUT2D eigenvalue weighted by molar-refractivity contribution is 7.92. The SMILES string of the molecule is CCCN(CC1CC1)S(=O)(=O)c1ccccc1S(N)(=O)=O. The van der Waals surface area contributed by atoms with Gasteiger partial charge < -0.3 is 0 Å². The van der Waals surface area contributed by atoms with Crippen LogP contribution in [0.2, 0.25) is 0 Å². The molecule has 8 heteroatoms. The highest BCUT2D eigenvalue weighted by Gasteiger charge is 2.33. The average molecular weight is 332 g/mol. The molecule has 0 aliphatic heterocycles. The van der Waals surface area contributed by atoms with E-state index in [1.165, 1.54) is 28.6 Å². The van der Waals surface area contributed by atoms with Crippen molar-refractivity contribution in [1.29, 1.82) is 0 Å². The molecule has 0 amide bonds. The lowest BCUT2D eigenvalue weighted by Gasteiger charge is -2.22. The predicted octanol–water partition coefficient (Wildman–Crippen LogP) is 1.14. The molecule has 0 bridgehead atoms. The summed E-state index contributed by atoms with van der Waals surface area (Å²) in [5, 5.41) is 5.13. The molecule has 1 aliphatic rings. The Kier molecular flexibility index (Phi) is 4.72. The Balaban J connectivity index is 2.46. The van der Waals surface area contributed by atoms with E-state index in [-0.39, 0.29) is 9.79 Å². The maximum absolute atomic E-state index is 12.8. The maximum atomic E-state index is 12.8. The standard InChI is InChI=1S/C13H20N2O4S2/c1-2-9-15(10-11-7-8-11)21(18,19)13-6-4-3-5-12(13)20(14,16)17/h3-6,11H,2,7-10H2,1H3,(H2,14,16,17). The second-order valence-corrected chi connectivity index (χ2v) is 8.73. The van der Waals surface area contributed by atoms with Gasteiger partial charge in [-0.3, -0.25) is 0 Å². The third-order valence-corrected chi connectivity index (χ3v) is 6.43. The maximum Gasteiger partial charge on any atom is 0.244 e. The van der Waals surface area contributed by atoms with E-state index in [9.17, 15) is 16.8 Å². The molecule has 1 saturated carbocycles. The van der Waals surface area contributed by atoms with Gasteiger partial charge in [0.25, 0.3) is 0 Å². The first-order valence-electron chi connectivity index (χ1n) is 6.88. The number of hydrogen-bond donors (Lipinski definition) is 1. The van der Waals surface area contributed by atoms with Crippen LogP contribution in [-0.2, 0) is 20.0 Å². The highest BCUT2D eigenvalue weighted by atomic mass is 32.2. The van der Waals surface area contributed by atoms with Gasteiger partial charge in [-0.1, -0.05) is 19.1 Å². The van der Waals surface area contributed by atoms with Crippen LogP contribution in [0.5, 0.6) is 0 Å². The van der Waals surface area contributed by atoms with E-state index >= 15 is 0 Å². The zero-order valence-corrected chi connectivity index (χ0v) is 13.5. The van der Waals surface area contributed by atoms with Crippen molar-refractivity contribution in [3.8, 4) is 0 Å². The Labute approximate surface area is 126 Å². The molecular formula is C13H20N2O4S2. The fourth-order valence-electron chi connectivity index (χ4n) is 2.18. The van der Waals surface area contributed by atoms with Crippen molar-refractivity contribution >= 4 is 20.0 Å². The first-order chi connectivity index (χ1) is 9.76. The van der Waals surface area contributed by atoms with Crippen LogP contribution in [0.4, 0.5) is 0 Å². The van der Waals surface area contributed by atoms with Gasteiger partial charge in [-0.15, -0.1) is 0 Å². The van der Waals surface area contributed by atoms with Crippen LogP contribution in [0.1, 0.15) is 26.2 Å². The van der Waals surface area contributed by atoms with Gasteiger partial charge in [-0.25, -0.2) is 22.0 Å². The first kappa shape index (κ1) is 16.4. The average Bonchev–Trinajstić information content (AvgIpc) is 3.21. The molecule has 2 N–H and O–H groups in total. The minimum atomic E-state index is -4.08. The lowest BCUT2D eigenvalue weighted by atomic mass is 10.4. The van der Waals surface area contributed by atoms with Gasteiger partial charge in [0.2, 0.25) is 20.0 Å². The molecule has 1 aliphatic carbocycles. The lowest BCUT2D eigenvalue weighted by Crippen LogP contribution is -2.34. The van der Waals surface area contributed by atoms with Gasteiger partial charge in [0.1, 0.15) is 9.79 Å². The van der Waals surface area contributed by atoms with Gasteiger partial charge >= 0.3 is 0 Å². The number of rotatable bonds is 7. The summed E-state index contributed by atoms with van der Waals surface area (Å²) in [6.07, 6.45) is 2.71. The Morgan fingerprint density at radius 1 is 1.14 bits per heavy atom. The summed E-state index contributed by atoms with van der Waals surface area (Å²) in [5.74, 6) is 0.382. The Hall–Kier alpha value is -0.960. The van der Waals surface area contributed by atoms with Crippen molar-refractivity contribution in [3.63, 3.8) is 0 Å². The molecule has 0 saturated heterocycles. The van der Waals surface area contributed by atoms with Crippen molar-refractivity contribution < 1.29 is 16.8 Å². The van der Waals surface area contributed by atoms with Gasteiger partial charge in [0.05, 0.1) is 0 Å². The third kappa shape index (κ3) is 3.82. The number of primary sulfonamides is 1. The van der Waals surface area contributed by atoms with Crippen LogP contribution in [0, 0.1) is 5.92 Å². The van der Waals surface area contributed by atoms with Gasteiger partial charge in [0, 0.05) is 13.1 Å². The number of nitrogens with two attached hydrogens (primary N) is 1. The fourth-order valence-corrected chi connectivity index (χ4v) is 5.15. The van der Waals surface area contributed by atoms with Gasteiger partial charge in [-0.2, -0.15) is 4.31 Å². The zero-order valence-electron chi connectivity index (χ0n) is 11.9. The van der Waals surface area contributed by atoms with Crippen LogP contribution in [0.15, 0.2) is 34.1 Å². The quantitative estimate of drug-likeness (QED) is 0.809. The number of hydrogen-bond acceptors (Lipinski definition) is 4. The molecule has 0 unspecified atom stereocenters. The van der Waals surface area contributed by atoms with E-state index < -0.39 is 20.0 Å². The molecule has 21 heavy (non-hydrogen) atoms. The molecule has 0 atom stereocenters. The molecule has 118 valence electrons. The topological polar surface area (TPSA) is 97.5 Å². The molecule has 0 spiro atoms. The van der Waals surface area contributed by atoms with Crippen molar-refractivity contribution in [2.24, 2.45) is 11.1 Å². The van der Waals surface area contributed by atoms with Gasteiger partial charge in [-0.05, 0) is 37.3 Å². The van der Waals surface area contributed by atoms with E-state index in [2.05, 4.69) is 0 Å². The Morgan fingerprint density at radius 3 is 2.19 bits per heavy atom. The van der Waals surface area contributed by atoms with Crippen LogP contribution in [-0.4, -0.2) is 34.2 Å². The summed E-state index contributed by atoms with van der Waals surface area (Å²) in [6.45, 7) is 2.70. The Bertz CT molecular complexity index is 709. The van der Waals surface area contributed by atoms with Crippen LogP contribution < -0.4 is 5.14 Å². The van der Waals surface area contributed by atoms with E-state index in [1.54, 1.807) is 0 Å². The molecule has 2 rings (SSSR count). The lowest BCUT2D eigenvalue weighted by molar-refractivity contribution is 0.394. The third-order valence-electron chi connectivity index (χ3n) is 3.41. The summed E-state index contributed by atoms with van der Waals surface area (Å²) in [5.41, 5.74) is 0. The molecule has 0 heterocycles. The first-order valence-corrected chi connectivity index (χ1v) is 9.87. The molecule has 1 aromatic rings. The van der Waals surface area contributed by atoms with Crippen molar-refractivity contribution in [2.45, 2.75) is 36.0 Å². The van der Waals surface area contributed by atoms with Crippen LogP contribution >= 0.6 is 0 Å². The number of sulfonamides is 2. The summed E-state index contributed by atoms with van der Waals surface area (Å²) < 4.78 is 50.1.